The van der Waals surface area contributed by atoms with Crippen LogP contribution in [0, 0.1) is 6.07 Å². The summed E-state index contributed by atoms with van der Waals surface area (Å²) in [6.07, 6.45) is -4.53. The first-order valence-corrected chi connectivity index (χ1v) is 6.69. The third-order valence-electron chi connectivity index (χ3n) is 2.45. The van der Waals surface area contributed by atoms with E-state index in [2.05, 4.69) is 0 Å². The quantitative estimate of drug-likeness (QED) is 0.848. The first-order valence-electron chi connectivity index (χ1n) is 5.21. The van der Waals surface area contributed by atoms with E-state index in [4.69, 9.17) is 0 Å². The van der Waals surface area contributed by atoms with Crippen molar-refractivity contribution in [2.75, 3.05) is 0 Å². The van der Waals surface area contributed by atoms with Crippen LogP contribution in [0.25, 0.3) is 0 Å². The predicted octanol–water partition coefficient (Wildman–Crippen LogP) is 3.34. The van der Waals surface area contributed by atoms with Crippen molar-refractivity contribution in [3.63, 3.8) is 0 Å². The van der Waals surface area contributed by atoms with E-state index in [-0.39, 0.29) is 9.79 Å². The van der Waals surface area contributed by atoms with Gasteiger partial charge in [-0.05, 0) is 36.4 Å². The van der Waals surface area contributed by atoms with Gasteiger partial charge in [-0.25, -0.2) is 8.42 Å². The fourth-order valence-electron chi connectivity index (χ4n) is 1.49. The Kier molecular flexibility index (Phi) is 3.36. The summed E-state index contributed by atoms with van der Waals surface area (Å²) in [5.41, 5.74) is -1.00. The number of alkyl halides is 3. The van der Waals surface area contributed by atoms with Gasteiger partial charge in [0.1, 0.15) is 0 Å². The molecular formula is C13H8F3O2S. The molecule has 0 aliphatic rings. The minimum Gasteiger partial charge on any atom is -0.219 e. The molecule has 2 rings (SSSR count). The normalized spacial score (nSPS) is 12.4. The zero-order valence-corrected chi connectivity index (χ0v) is 10.3. The molecular weight excluding hydrogens is 277 g/mol. The molecule has 0 saturated heterocycles. The lowest BCUT2D eigenvalue weighted by atomic mass is 10.2. The summed E-state index contributed by atoms with van der Waals surface area (Å²) in [6.45, 7) is 0. The Morgan fingerprint density at radius 1 is 0.895 bits per heavy atom. The van der Waals surface area contributed by atoms with Gasteiger partial charge in [0.15, 0.2) is 0 Å². The van der Waals surface area contributed by atoms with Crippen LogP contribution in [0.15, 0.2) is 58.3 Å². The standard InChI is InChI=1S/C13H8F3O2S/c14-13(15,16)10-6-8-12(9-7-10)19(17,18)11-4-2-1-3-5-11/h1-6,8-9H. The Bertz CT molecular complexity index is 659. The van der Waals surface area contributed by atoms with Gasteiger partial charge in [-0.2, -0.15) is 13.2 Å². The predicted molar refractivity (Wildman–Crippen MR) is 62.2 cm³/mol. The van der Waals surface area contributed by atoms with Gasteiger partial charge in [-0.15, -0.1) is 0 Å². The van der Waals surface area contributed by atoms with Crippen LogP contribution >= 0.6 is 0 Å². The van der Waals surface area contributed by atoms with Crippen LogP contribution in [-0.4, -0.2) is 8.42 Å². The monoisotopic (exact) mass is 285 g/mol. The second kappa shape index (κ2) is 4.70. The molecule has 0 heterocycles. The summed E-state index contributed by atoms with van der Waals surface area (Å²) >= 11 is 0. The Morgan fingerprint density at radius 2 is 1.53 bits per heavy atom. The van der Waals surface area contributed by atoms with Gasteiger partial charge < -0.3 is 0 Å². The average molecular weight is 285 g/mol. The molecule has 0 amide bonds. The van der Waals surface area contributed by atoms with Crippen molar-refractivity contribution in [3.05, 3.63) is 60.2 Å². The number of hydrogen-bond donors (Lipinski definition) is 0. The minimum atomic E-state index is -4.53. The Morgan fingerprint density at radius 3 is 2.00 bits per heavy atom. The third-order valence-corrected chi connectivity index (χ3v) is 4.22. The number of halogens is 3. The van der Waals surface area contributed by atoms with E-state index in [1.165, 1.54) is 12.1 Å². The molecule has 2 aromatic carbocycles. The Balaban J connectivity index is 2.43. The molecule has 0 unspecified atom stereocenters. The SMILES string of the molecule is O=S(=O)(c1c[c]c(C(F)(F)F)cc1)c1ccccc1. The van der Waals surface area contributed by atoms with Crippen LogP contribution in [0.2, 0.25) is 0 Å². The van der Waals surface area contributed by atoms with Crippen molar-refractivity contribution < 1.29 is 21.6 Å². The van der Waals surface area contributed by atoms with Gasteiger partial charge >= 0.3 is 6.18 Å². The van der Waals surface area contributed by atoms with Crippen LogP contribution in [0.5, 0.6) is 0 Å². The van der Waals surface area contributed by atoms with E-state index in [1.807, 2.05) is 6.07 Å². The summed E-state index contributed by atoms with van der Waals surface area (Å²) in [6, 6.07) is 11.9. The molecule has 2 aromatic rings. The van der Waals surface area contributed by atoms with Gasteiger partial charge in [0, 0.05) is 0 Å². The number of sulfone groups is 1. The highest BCUT2D eigenvalue weighted by molar-refractivity contribution is 7.91. The van der Waals surface area contributed by atoms with Crippen molar-refractivity contribution in [2.24, 2.45) is 0 Å². The summed E-state index contributed by atoms with van der Waals surface area (Å²) < 4.78 is 61.3. The lowest BCUT2D eigenvalue weighted by Crippen LogP contribution is -2.07. The minimum absolute atomic E-state index is 0.0307. The molecule has 6 heteroatoms. The van der Waals surface area contributed by atoms with E-state index in [1.54, 1.807) is 18.2 Å². The Labute approximate surface area is 108 Å². The molecule has 0 saturated carbocycles. The van der Waals surface area contributed by atoms with E-state index >= 15 is 0 Å². The molecule has 0 aliphatic carbocycles. The van der Waals surface area contributed by atoms with E-state index < -0.39 is 21.6 Å². The summed E-state index contributed by atoms with van der Waals surface area (Å²) in [5, 5.41) is 0. The summed E-state index contributed by atoms with van der Waals surface area (Å²) in [5.74, 6) is 0. The van der Waals surface area contributed by atoms with Crippen LogP contribution in [-0.2, 0) is 16.0 Å². The molecule has 0 aromatic heterocycles. The van der Waals surface area contributed by atoms with Gasteiger partial charge in [0.05, 0.1) is 15.4 Å². The van der Waals surface area contributed by atoms with Gasteiger partial charge in [-0.3, -0.25) is 0 Å². The van der Waals surface area contributed by atoms with Crippen molar-refractivity contribution in [3.8, 4) is 0 Å². The molecule has 0 N–H and O–H groups in total. The first-order chi connectivity index (χ1) is 8.82. The number of benzene rings is 2. The highest BCUT2D eigenvalue weighted by Crippen LogP contribution is 2.30. The van der Waals surface area contributed by atoms with Gasteiger partial charge in [0.2, 0.25) is 9.84 Å². The zero-order valence-electron chi connectivity index (χ0n) is 9.48. The molecule has 0 spiro atoms. The highest BCUT2D eigenvalue weighted by atomic mass is 32.2. The van der Waals surface area contributed by atoms with E-state index in [9.17, 15) is 21.6 Å². The lowest BCUT2D eigenvalue weighted by molar-refractivity contribution is -0.137. The topological polar surface area (TPSA) is 34.1 Å². The number of rotatable bonds is 2. The number of hydrogen-bond acceptors (Lipinski definition) is 2. The lowest BCUT2D eigenvalue weighted by Gasteiger charge is -2.08. The Hall–Kier alpha value is -1.82. The smallest absolute Gasteiger partial charge is 0.219 e. The molecule has 19 heavy (non-hydrogen) atoms. The fraction of sp³-hybridized carbons (Fsp3) is 0.0769. The maximum absolute atomic E-state index is 12.4. The van der Waals surface area contributed by atoms with Gasteiger partial charge in [0.25, 0.3) is 0 Å². The van der Waals surface area contributed by atoms with Crippen LogP contribution in [0.3, 0.4) is 0 Å². The van der Waals surface area contributed by atoms with Crippen LogP contribution in [0.1, 0.15) is 5.56 Å². The summed E-state index contributed by atoms with van der Waals surface area (Å²) in [4.78, 5) is -0.185. The molecule has 1 radical (unpaired) electrons. The van der Waals surface area contributed by atoms with Crippen LogP contribution < -0.4 is 0 Å². The van der Waals surface area contributed by atoms with Crippen LogP contribution in [0.4, 0.5) is 13.2 Å². The molecule has 2 nitrogen and oxygen atoms in total. The maximum atomic E-state index is 12.4. The third kappa shape index (κ3) is 2.78. The van der Waals surface area contributed by atoms with E-state index in [0.29, 0.717) is 6.07 Å². The second-order valence-electron chi connectivity index (χ2n) is 3.75. The molecule has 0 atom stereocenters. The summed E-state index contributed by atoms with van der Waals surface area (Å²) in [7, 11) is -3.80. The first kappa shape index (κ1) is 13.6. The second-order valence-corrected chi connectivity index (χ2v) is 5.70. The fourth-order valence-corrected chi connectivity index (χ4v) is 2.74. The molecule has 0 fully saturated rings. The largest absolute Gasteiger partial charge is 0.417 e. The van der Waals surface area contributed by atoms with Crippen molar-refractivity contribution in [1.82, 2.24) is 0 Å². The molecule has 0 bridgehead atoms. The average Bonchev–Trinajstić information content (AvgIpc) is 2.39. The molecule has 0 aliphatic heterocycles. The van der Waals surface area contributed by atoms with Crippen molar-refractivity contribution >= 4 is 9.84 Å². The highest BCUT2D eigenvalue weighted by Gasteiger charge is 2.31. The van der Waals surface area contributed by atoms with Crippen molar-refractivity contribution in [1.29, 1.82) is 0 Å². The van der Waals surface area contributed by atoms with E-state index in [0.717, 1.165) is 12.1 Å². The van der Waals surface area contributed by atoms with Gasteiger partial charge in [-0.1, -0.05) is 18.2 Å². The maximum Gasteiger partial charge on any atom is 0.417 e. The molecule has 99 valence electrons. The zero-order chi connectivity index (χ0) is 14.1. The van der Waals surface area contributed by atoms with Crippen molar-refractivity contribution in [2.45, 2.75) is 16.0 Å².